The van der Waals surface area contributed by atoms with Gasteiger partial charge in [0.25, 0.3) is 5.70 Å². The number of alkyl halides is 1. The van der Waals surface area contributed by atoms with Crippen LogP contribution in [0.25, 0.3) is 0 Å². The quantitative estimate of drug-likeness (QED) is 0.0229. The van der Waals surface area contributed by atoms with E-state index in [0.29, 0.717) is 18.1 Å². The lowest BCUT2D eigenvalue weighted by atomic mass is 10.1. The second kappa shape index (κ2) is 21.1. The average Bonchev–Trinajstić information content (AvgIpc) is 2.88. The molecule has 0 heterocycles. The van der Waals surface area contributed by atoms with Crippen LogP contribution in [0.5, 0.6) is 0 Å². The van der Waals surface area contributed by atoms with E-state index in [1.165, 1.54) is 6.08 Å². The van der Waals surface area contributed by atoms with Gasteiger partial charge in [0.15, 0.2) is 12.4 Å². The summed E-state index contributed by atoms with van der Waals surface area (Å²) in [6.45, 7) is 6.79. The van der Waals surface area contributed by atoms with E-state index in [-0.39, 0.29) is 26.2 Å². The molecule has 232 valence electrons. The van der Waals surface area contributed by atoms with Gasteiger partial charge in [-0.2, -0.15) is 0 Å². The maximum absolute atomic E-state index is 11.9. The molecule has 0 bridgehead atoms. The minimum absolute atomic E-state index is 0.238. The number of alkyl carbamates (subject to hydrolysis) is 1. The maximum Gasteiger partial charge on any atom is 0.407 e. The fourth-order valence-electron chi connectivity index (χ4n) is 2.84. The van der Waals surface area contributed by atoms with E-state index in [1.54, 1.807) is 0 Å². The standard InChI is InChI=1S/C24H35BrN2O14/c1-6-19(12-39-24(32)26-8-7-25)11-20(27(33)34)13-38-23(36-10-9-35-15(2)28)22(41-18(5)31)21(40-17(4)30)14-37-16(3)29/h6,13,19,21-23H,1,7-12,14H2,2-5H3,(H,26,32)/b20-13-. The van der Waals surface area contributed by atoms with Gasteiger partial charge in [-0.1, -0.05) is 22.0 Å². The van der Waals surface area contributed by atoms with Crippen molar-refractivity contribution in [3.63, 3.8) is 0 Å². The summed E-state index contributed by atoms with van der Waals surface area (Å²) in [4.78, 5) is 68.8. The molecule has 0 radical (unpaired) electrons. The molecule has 0 fully saturated rings. The summed E-state index contributed by atoms with van der Waals surface area (Å²) in [5, 5.41) is 14.7. The summed E-state index contributed by atoms with van der Waals surface area (Å²) in [6.07, 6.45) is -3.72. The van der Waals surface area contributed by atoms with Crippen LogP contribution in [0.4, 0.5) is 4.79 Å². The van der Waals surface area contributed by atoms with Crippen molar-refractivity contribution in [1.82, 2.24) is 5.32 Å². The molecule has 17 heteroatoms. The van der Waals surface area contributed by atoms with Crippen molar-refractivity contribution in [1.29, 1.82) is 0 Å². The number of nitro groups is 1. The van der Waals surface area contributed by atoms with Gasteiger partial charge in [-0.3, -0.25) is 29.3 Å². The molecule has 0 saturated carbocycles. The van der Waals surface area contributed by atoms with Crippen LogP contribution in [0.3, 0.4) is 0 Å². The van der Waals surface area contributed by atoms with E-state index >= 15 is 0 Å². The Hall–Kier alpha value is -3.73. The van der Waals surface area contributed by atoms with Gasteiger partial charge in [-0.25, -0.2) is 4.79 Å². The molecule has 4 atom stereocenters. The van der Waals surface area contributed by atoms with E-state index in [1.807, 2.05) is 0 Å². The molecule has 16 nitrogen and oxygen atoms in total. The molecule has 4 unspecified atom stereocenters. The highest BCUT2D eigenvalue weighted by Crippen LogP contribution is 2.20. The van der Waals surface area contributed by atoms with E-state index in [4.69, 9.17) is 33.2 Å². The maximum atomic E-state index is 11.9. The van der Waals surface area contributed by atoms with Gasteiger partial charge in [-0.15, -0.1) is 6.58 Å². The number of hydrogen-bond donors (Lipinski definition) is 1. The van der Waals surface area contributed by atoms with Crippen LogP contribution in [-0.2, 0) is 52.3 Å². The molecule has 1 amide bonds. The number of carbonyl (C=O) groups excluding carboxylic acids is 5. The van der Waals surface area contributed by atoms with Gasteiger partial charge in [0.2, 0.25) is 12.4 Å². The second-order valence-electron chi connectivity index (χ2n) is 8.02. The number of allylic oxidation sites excluding steroid dienone is 1. The van der Waals surface area contributed by atoms with E-state index in [0.717, 1.165) is 27.7 Å². The highest BCUT2D eigenvalue weighted by molar-refractivity contribution is 9.09. The Morgan fingerprint density at radius 1 is 0.927 bits per heavy atom. The Balaban J connectivity index is 6.08. The van der Waals surface area contributed by atoms with Gasteiger partial charge >= 0.3 is 30.0 Å². The predicted molar refractivity (Wildman–Crippen MR) is 142 cm³/mol. The topological polar surface area (TPSA) is 205 Å². The zero-order valence-electron chi connectivity index (χ0n) is 23.2. The number of nitrogens with one attached hydrogen (secondary N) is 1. The first-order valence-corrected chi connectivity index (χ1v) is 13.2. The molecule has 0 aromatic heterocycles. The third-order valence-corrected chi connectivity index (χ3v) is 4.94. The SMILES string of the molecule is C=CC(COC(=O)NCCBr)C/C(=C/OC(OCCOC(C)=O)C(OC(C)=O)C(COC(C)=O)OC(C)=O)[N+](=O)[O-]. The first kappa shape index (κ1) is 37.3. The number of ether oxygens (including phenoxy) is 7. The molecule has 0 saturated heterocycles. The van der Waals surface area contributed by atoms with Crippen LogP contribution in [0.1, 0.15) is 34.1 Å². The molecule has 0 aliphatic heterocycles. The third-order valence-electron chi connectivity index (χ3n) is 4.55. The van der Waals surface area contributed by atoms with Crippen molar-refractivity contribution in [2.45, 2.75) is 52.6 Å². The van der Waals surface area contributed by atoms with Gasteiger partial charge in [0.1, 0.15) is 13.2 Å². The van der Waals surface area contributed by atoms with Crippen LogP contribution in [-0.4, -0.2) is 91.7 Å². The summed E-state index contributed by atoms with van der Waals surface area (Å²) < 4.78 is 36.1. The predicted octanol–water partition coefficient (Wildman–Crippen LogP) is 1.77. The monoisotopic (exact) mass is 654 g/mol. The Labute approximate surface area is 244 Å². The van der Waals surface area contributed by atoms with Crippen molar-refractivity contribution in [2.75, 3.05) is 38.3 Å². The molecule has 0 aromatic rings. The van der Waals surface area contributed by atoms with Crippen LogP contribution in [0.15, 0.2) is 24.6 Å². The highest BCUT2D eigenvalue weighted by atomic mass is 79.9. The van der Waals surface area contributed by atoms with Crippen molar-refractivity contribution in [3.05, 3.63) is 34.7 Å². The Bertz CT molecular complexity index is 941. The fraction of sp³-hybridized carbons (Fsp3) is 0.625. The van der Waals surface area contributed by atoms with Crippen LogP contribution in [0.2, 0.25) is 0 Å². The lowest BCUT2D eigenvalue weighted by Crippen LogP contribution is -2.48. The Kier molecular flexibility index (Phi) is 19.2. The van der Waals surface area contributed by atoms with Crippen LogP contribution >= 0.6 is 15.9 Å². The van der Waals surface area contributed by atoms with Crippen molar-refractivity contribution < 1.29 is 62.1 Å². The van der Waals surface area contributed by atoms with Gasteiger partial charge in [0, 0.05) is 45.5 Å². The minimum atomic E-state index is -1.68. The number of esters is 4. The number of nitrogens with zero attached hydrogens (tertiary/aromatic N) is 1. The molecule has 0 rings (SSSR count). The van der Waals surface area contributed by atoms with Crippen LogP contribution in [0, 0.1) is 16.0 Å². The molecule has 0 aromatic carbocycles. The average molecular weight is 655 g/mol. The van der Waals surface area contributed by atoms with Crippen molar-refractivity contribution >= 4 is 45.9 Å². The molecule has 1 N–H and O–H groups in total. The summed E-state index contributed by atoms with van der Waals surface area (Å²) in [5.74, 6) is -3.79. The largest absolute Gasteiger partial charge is 0.463 e. The first-order chi connectivity index (χ1) is 19.3. The number of rotatable bonds is 20. The van der Waals surface area contributed by atoms with Crippen molar-refractivity contribution in [3.8, 4) is 0 Å². The van der Waals surface area contributed by atoms with Gasteiger partial charge in [-0.05, 0) is 0 Å². The third kappa shape index (κ3) is 18.3. The fourth-order valence-corrected chi connectivity index (χ4v) is 3.04. The van der Waals surface area contributed by atoms with Crippen molar-refractivity contribution in [2.24, 2.45) is 5.92 Å². The summed E-state index contributed by atoms with van der Waals surface area (Å²) in [5.41, 5.74) is -0.515. The van der Waals surface area contributed by atoms with E-state index in [2.05, 4.69) is 27.8 Å². The lowest BCUT2D eigenvalue weighted by Gasteiger charge is -2.31. The zero-order chi connectivity index (χ0) is 31.4. The molecular weight excluding hydrogens is 620 g/mol. The normalized spacial score (nSPS) is 13.8. The van der Waals surface area contributed by atoms with Gasteiger partial charge in [0.05, 0.1) is 24.6 Å². The number of hydrogen-bond acceptors (Lipinski definition) is 14. The van der Waals surface area contributed by atoms with E-state index < -0.39 is 71.6 Å². The smallest absolute Gasteiger partial charge is 0.407 e. The zero-order valence-corrected chi connectivity index (χ0v) is 24.7. The molecular formula is C24H35BrN2O14. The highest BCUT2D eigenvalue weighted by Gasteiger charge is 2.38. The van der Waals surface area contributed by atoms with Gasteiger partial charge < -0.3 is 38.5 Å². The molecule has 0 aliphatic carbocycles. The molecule has 41 heavy (non-hydrogen) atoms. The second-order valence-corrected chi connectivity index (χ2v) is 8.81. The Morgan fingerprint density at radius 3 is 2.07 bits per heavy atom. The van der Waals surface area contributed by atoms with E-state index in [9.17, 15) is 34.1 Å². The lowest BCUT2D eigenvalue weighted by molar-refractivity contribution is -0.431. The molecule has 0 spiro atoms. The summed E-state index contributed by atoms with van der Waals surface area (Å²) in [7, 11) is 0. The summed E-state index contributed by atoms with van der Waals surface area (Å²) in [6, 6.07) is 0. The van der Waals surface area contributed by atoms with Crippen LogP contribution < -0.4 is 5.32 Å². The number of halogens is 1. The first-order valence-electron chi connectivity index (χ1n) is 12.1. The Morgan fingerprint density at radius 2 is 1.56 bits per heavy atom. The molecule has 0 aliphatic rings. The number of carbonyl (C=O) groups is 5. The summed E-state index contributed by atoms with van der Waals surface area (Å²) >= 11 is 3.14. The number of amides is 1. The minimum Gasteiger partial charge on any atom is -0.463 e.